The van der Waals surface area contributed by atoms with E-state index in [2.05, 4.69) is 0 Å². The van der Waals surface area contributed by atoms with E-state index in [-0.39, 0.29) is 5.78 Å². The number of carbonyl (C=O) groups excluding carboxylic acids is 1. The fourth-order valence-electron chi connectivity index (χ4n) is 1.42. The van der Waals surface area contributed by atoms with E-state index in [1.165, 1.54) is 14.0 Å². The van der Waals surface area contributed by atoms with Gasteiger partial charge in [-0.15, -0.1) is 0 Å². The molecule has 1 atom stereocenters. The average Bonchev–Trinajstić information content (AvgIpc) is 2.42. The smallest absolute Gasteiger partial charge is 0.161 e. The maximum Gasteiger partial charge on any atom is 0.161 e. The molecule has 0 aromatic heterocycles. The Balaban J connectivity index is 2.59. The summed E-state index contributed by atoms with van der Waals surface area (Å²) < 4.78 is 15.8. The highest BCUT2D eigenvalue weighted by Crippen LogP contribution is 2.28. The van der Waals surface area contributed by atoms with Crippen molar-refractivity contribution in [3.8, 4) is 17.6 Å². The van der Waals surface area contributed by atoms with Crippen LogP contribution in [0.3, 0.4) is 0 Å². The Bertz CT molecular complexity index is 479. The van der Waals surface area contributed by atoms with Gasteiger partial charge in [0, 0.05) is 5.56 Å². The molecule has 102 valence electrons. The van der Waals surface area contributed by atoms with Gasteiger partial charge in [0.15, 0.2) is 17.3 Å². The standard InChI is InChI=1S/C14H17NO4/c1-10(9-15)18-6-7-19-13-5-4-12(11(2)16)8-14(13)17-3/h4-5,8,10H,6-7H2,1-3H3. The Morgan fingerprint density at radius 2 is 2.11 bits per heavy atom. The summed E-state index contributed by atoms with van der Waals surface area (Å²) in [6, 6.07) is 6.96. The summed E-state index contributed by atoms with van der Waals surface area (Å²) in [5.41, 5.74) is 0.568. The molecule has 0 bridgehead atoms. The minimum atomic E-state index is -0.453. The average molecular weight is 263 g/mol. The summed E-state index contributed by atoms with van der Waals surface area (Å²) in [6.45, 7) is 3.78. The van der Waals surface area contributed by atoms with Crippen molar-refractivity contribution in [3.63, 3.8) is 0 Å². The van der Waals surface area contributed by atoms with Gasteiger partial charge in [-0.3, -0.25) is 4.79 Å². The van der Waals surface area contributed by atoms with Crippen molar-refractivity contribution < 1.29 is 19.0 Å². The number of hydrogen-bond acceptors (Lipinski definition) is 5. The van der Waals surface area contributed by atoms with Crippen molar-refractivity contribution >= 4 is 5.78 Å². The number of nitriles is 1. The van der Waals surface area contributed by atoms with Crippen LogP contribution >= 0.6 is 0 Å². The lowest BCUT2D eigenvalue weighted by Gasteiger charge is -2.12. The number of rotatable bonds is 7. The van der Waals surface area contributed by atoms with Crippen molar-refractivity contribution in [2.45, 2.75) is 20.0 Å². The predicted molar refractivity (Wildman–Crippen MR) is 69.5 cm³/mol. The Morgan fingerprint density at radius 3 is 2.68 bits per heavy atom. The van der Waals surface area contributed by atoms with E-state index in [0.29, 0.717) is 30.3 Å². The summed E-state index contributed by atoms with van der Waals surface area (Å²) in [4.78, 5) is 11.2. The zero-order valence-corrected chi connectivity index (χ0v) is 11.3. The third-order valence-corrected chi connectivity index (χ3v) is 2.46. The molecule has 5 nitrogen and oxygen atoms in total. The molecule has 0 aliphatic carbocycles. The highest BCUT2D eigenvalue weighted by Gasteiger charge is 2.08. The van der Waals surface area contributed by atoms with Crippen LogP contribution < -0.4 is 9.47 Å². The second kappa shape index (κ2) is 7.39. The van der Waals surface area contributed by atoms with Gasteiger partial charge in [0.2, 0.25) is 0 Å². The summed E-state index contributed by atoms with van der Waals surface area (Å²) in [7, 11) is 1.51. The van der Waals surface area contributed by atoms with Crippen LogP contribution in [0.25, 0.3) is 0 Å². The van der Waals surface area contributed by atoms with Gasteiger partial charge in [-0.1, -0.05) is 0 Å². The van der Waals surface area contributed by atoms with Crippen LogP contribution in [-0.2, 0) is 4.74 Å². The fourth-order valence-corrected chi connectivity index (χ4v) is 1.42. The van der Waals surface area contributed by atoms with Crippen molar-refractivity contribution in [1.82, 2.24) is 0 Å². The van der Waals surface area contributed by atoms with Gasteiger partial charge in [0.1, 0.15) is 12.7 Å². The molecule has 5 heteroatoms. The zero-order chi connectivity index (χ0) is 14.3. The van der Waals surface area contributed by atoms with Gasteiger partial charge < -0.3 is 14.2 Å². The highest BCUT2D eigenvalue weighted by molar-refractivity contribution is 5.94. The molecular weight excluding hydrogens is 246 g/mol. The largest absolute Gasteiger partial charge is 0.493 e. The number of ketones is 1. The van der Waals surface area contributed by atoms with Crippen LogP contribution in [0.2, 0.25) is 0 Å². The first-order chi connectivity index (χ1) is 9.08. The molecule has 0 aliphatic heterocycles. The molecular formula is C14H17NO4. The molecule has 0 radical (unpaired) electrons. The van der Waals surface area contributed by atoms with Gasteiger partial charge in [-0.05, 0) is 32.0 Å². The van der Waals surface area contributed by atoms with Crippen molar-refractivity contribution in [3.05, 3.63) is 23.8 Å². The fraction of sp³-hybridized carbons (Fsp3) is 0.429. The van der Waals surface area contributed by atoms with Crippen LogP contribution in [0.4, 0.5) is 0 Å². The van der Waals surface area contributed by atoms with Crippen molar-refractivity contribution in [1.29, 1.82) is 5.26 Å². The summed E-state index contributed by atoms with van der Waals surface area (Å²) >= 11 is 0. The Hall–Kier alpha value is -2.06. The molecule has 0 spiro atoms. The Morgan fingerprint density at radius 1 is 1.37 bits per heavy atom. The van der Waals surface area contributed by atoms with Crippen LogP contribution in [-0.4, -0.2) is 32.2 Å². The molecule has 0 aliphatic rings. The number of hydrogen-bond donors (Lipinski definition) is 0. The van der Waals surface area contributed by atoms with Crippen LogP contribution in [0.1, 0.15) is 24.2 Å². The minimum Gasteiger partial charge on any atom is -0.493 e. The second-order valence-electron chi connectivity index (χ2n) is 3.91. The first-order valence-corrected chi connectivity index (χ1v) is 5.91. The molecule has 0 fully saturated rings. The number of benzene rings is 1. The van der Waals surface area contributed by atoms with Gasteiger partial charge >= 0.3 is 0 Å². The number of methoxy groups -OCH3 is 1. The molecule has 0 amide bonds. The van der Waals surface area contributed by atoms with E-state index in [1.54, 1.807) is 25.1 Å². The lowest BCUT2D eigenvalue weighted by atomic mass is 10.1. The van der Waals surface area contributed by atoms with E-state index in [9.17, 15) is 4.79 Å². The van der Waals surface area contributed by atoms with E-state index in [4.69, 9.17) is 19.5 Å². The monoisotopic (exact) mass is 263 g/mol. The molecule has 0 saturated heterocycles. The minimum absolute atomic E-state index is 0.0315. The van der Waals surface area contributed by atoms with Gasteiger partial charge in [-0.25, -0.2) is 0 Å². The topological polar surface area (TPSA) is 68.6 Å². The molecule has 1 unspecified atom stereocenters. The predicted octanol–water partition coefficient (Wildman–Crippen LogP) is 2.21. The molecule has 1 aromatic carbocycles. The van der Waals surface area contributed by atoms with Gasteiger partial charge in [0.25, 0.3) is 0 Å². The summed E-state index contributed by atoms with van der Waals surface area (Å²) in [5, 5.41) is 8.55. The SMILES string of the molecule is COc1cc(C(C)=O)ccc1OCCOC(C)C#N. The quantitative estimate of drug-likeness (QED) is 0.557. The van der Waals surface area contributed by atoms with Crippen LogP contribution in [0.15, 0.2) is 18.2 Å². The summed E-state index contributed by atoms with van der Waals surface area (Å²) in [5.74, 6) is 1.01. The molecule has 1 rings (SSSR count). The van der Waals surface area contributed by atoms with Crippen LogP contribution in [0, 0.1) is 11.3 Å². The van der Waals surface area contributed by atoms with Gasteiger partial charge in [0.05, 0.1) is 19.8 Å². The lowest BCUT2D eigenvalue weighted by Crippen LogP contribution is -2.12. The van der Waals surface area contributed by atoms with E-state index < -0.39 is 6.10 Å². The van der Waals surface area contributed by atoms with Crippen molar-refractivity contribution in [2.75, 3.05) is 20.3 Å². The molecule has 0 heterocycles. The summed E-state index contributed by atoms with van der Waals surface area (Å²) in [6.07, 6.45) is -0.453. The van der Waals surface area contributed by atoms with Crippen molar-refractivity contribution in [2.24, 2.45) is 0 Å². The number of carbonyl (C=O) groups is 1. The highest BCUT2D eigenvalue weighted by atomic mass is 16.5. The first-order valence-electron chi connectivity index (χ1n) is 5.91. The maximum absolute atomic E-state index is 11.2. The molecule has 0 N–H and O–H groups in total. The number of nitrogens with zero attached hydrogens (tertiary/aromatic N) is 1. The Kier molecular flexibility index (Phi) is 5.83. The zero-order valence-electron chi connectivity index (χ0n) is 11.3. The third kappa shape index (κ3) is 4.60. The molecule has 0 saturated carbocycles. The first kappa shape index (κ1) is 15.0. The Labute approximate surface area is 112 Å². The lowest BCUT2D eigenvalue weighted by molar-refractivity contribution is 0.0736. The molecule has 19 heavy (non-hydrogen) atoms. The number of Topliss-reactive ketones (excluding diaryl/α,β-unsaturated/α-hetero) is 1. The van der Waals surface area contributed by atoms with Gasteiger partial charge in [-0.2, -0.15) is 5.26 Å². The normalized spacial score (nSPS) is 11.5. The van der Waals surface area contributed by atoms with E-state index in [0.717, 1.165) is 0 Å². The number of ether oxygens (including phenoxy) is 3. The van der Waals surface area contributed by atoms with E-state index >= 15 is 0 Å². The van der Waals surface area contributed by atoms with E-state index in [1.807, 2.05) is 6.07 Å². The maximum atomic E-state index is 11.2. The third-order valence-electron chi connectivity index (χ3n) is 2.46. The van der Waals surface area contributed by atoms with Crippen LogP contribution in [0.5, 0.6) is 11.5 Å². The second-order valence-corrected chi connectivity index (χ2v) is 3.91. The molecule has 1 aromatic rings.